The Labute approximate surface area is 133 Å². The van der Waals surface area contributed by atoms with E-state index < -0.39 is 0 Å². The lowest BCUT2D eigenvalue weighted by Gasteiger charge is -2.20. The van der Waals surface area contributed by atoms with Crippen LogP contribution < -0.4 is 4.74 Å². The predicted molar refractivity (Wildman–Crippen MR) is 91.3 cm³/mol. The largest absolute Gasteiger partial charge is 0.508 e. The molecule has 0 aliphatic heterocycles. The van der Waals surface area contributed by atoms with Gasteiger partial charge in [0.25, 0.3) is 0 Å². The summed E-state index contributed by atoms with van der Waals surface area (Å²) in [6.45, 7) is 2.23. The van der Waals surface area contributed by atoms with Gasteiger partial charge in [0.05, 0.1) is 0 Å². The first-order chi connectivity index (χ1) is 10.8. The van der Waals surface area contributed by atoms with Crippen LogP contribution in [0.1, 0.15) is 57.1 Å². The molecule has 1 N–H and O–H groups in total. The molecule has 0 fully saturated rings. The number of hydrogen-bond donors (Lipinski definition) is 1. The molecule has 2 heteroatoms. The van der Waals surface area contributed by atoms with E-state index >= 15 is 0 Å². The van der Waals surface area contributed by atoms with Crippen molar-refractivity contribution in [3.05, 3.63) is 60.2 Å². The van der Waals surface area contributed by atoms with E-state index in [0.717, 1.165) is 17.7 Å². The van der Waals surface area contributed by atoms with Crippen molar-refractivity contribution in [3.8, 4) is 11.5 Å². The number of benzene rings is 2. The maximum Gasteiger partial charge on any atom is 0.124 e. The molecule has 2 aromatic rings. The zero-order valence-electron chi connectivity index (χ0n) is 13.4. The number of hydrogen-bond acceptors (Lipinski definition) is 2. The number of ether oxygens (including phenoxy) is 1. The van der Waals surface area contributed by atoms with Crippen LogP contribution in [0.25, 0.3) is 0 Å². The van der Waals surface area contributed by atoms with Crippen molar-refractivity contribution in [3.63, 3.8) is 0 Å². The minimum Gasteiger partial charge on any atom is -0.508 e. The fourth-order valence-electron chi connectivity index (χ4n) is 2.58. The highest BCUT2D eigenvalue weighted by atomic mass is 16.5. The number of aromatic hydroxyl groups is 1. The number of rotatable bonds is 9. The normalized spacial score (nSPS) is 12.0. The van der Waals surface area contributed by atoms with Gasteiger partial charge in [0.2, 0.25) is 0 Å². The van der Waals surface area contributed by atoms with Gasteiger partial charge in [0.1, 0.15) is 17.6 Å². The molecule has 0 aromatic heterocycles. The molecule has 1 unspecified atom stereocenters. The van der Waals surface area contributed by atoms with E-state index in [9.17, 15) is 5.11 Å². The Morgan fingerprint density at radius 3 is 2.23 bits per heavy atom. The van der Waals surface area contributed by atoms with Crippen LogP contribution >= 0.6 is 0 Å². The molecule has 0 heterocycles. The molecular weight excluding hydrogens is 272 g/mol. The van der Waals surface area contributed by atoms with Crippen molar-refractivity contribution in [1.29, 1.82) is 0 Å². The van der Waals surface area contributed by atoms with Gasteiger partial charge in [-0.05, 0) is 42.7 Å². The van der Waals surface area contributed by atoms with Gasteiger partial charge in [-0.1, -0.05) is 62.9 Å². The van der Waals surface area contributed by atoms with E-state index in [4.69, 9.17) is 4.74 Å². The lowest BCUT2D eigenvalue weighted by atomic mass is 10.0. The highest BCUT2D eigenvalue weighted by Gasteiger charge is 2.13. The van der Waals surface area contributed by atoms with Gasteiger partial charge in [-0.2, -0.15) is 0 Å². The van der Waals surface area contributed by atoms with Crippen molar-refractivity contribution in [2.75, 3.05) is 0 Å². The first kappa shape index (κ1) is 16.4. The minimum atomic E-state index is 0.0460. The summed E-state index contributed by atoms with van der Waals surface area (Å²) in [4.78, 5) is 0. The van der Waals surface area contributed by atoms with E-state index in [1.54, 1.807) is 12.1 Å². The van der Waals surface area contributed by atoms with Crippen LogP contribution in [0, 0.1) is 0 Å². The van der Waals surface area contributed by atoms with Gasteiger partial charge < -0.3 is 9.84 Å². The molecule has 0 aliphatic carbocycles. The second kappa shape index (κ2) is 9.14. The zero-order valence-corrected chi connectivity index (χ0v) is 13.4. The monoisotopic (exact) mass is 298 g/mol. The average Bonchev–Trinajstić information content (AvgIpc) is 2.55. The van der Waals surface area contributed by atoms with Gasteiger partial charge in [-0.3, -0.25) is 0 Å². The van der Waals surface area contributed by atoms with Crippen molar-refractivity contribution >= 4 is 0 Å². The van der Waals surface area contributed by atoms with E-state index in [1.165, 1.54) is 32.1 Å². The van der Waals surface area contributed by atoms with Gasteiger partial charge in [-0.15, -0.1) is 0 Å². The summed E-state index contributed by atoms with van der Waals surface area (Å²) in [7, 11) is 0. The molecule has 0 aliphatic rings. The third kappa shape index (κ3) is 5.44. The Hall–Kier alpha value is -1.96. The van der Waals surface area contributed by atoms with Crippen molar-refractivity contribution in [2.24, 2.45) is 0 Å². The van der Waals surface area contributed by atoms with Crippen LogP contribution in [0.15, 0.2) is 54.6 Å². The lowest BCUT2D eigenvalue weighted by Crippen LogP contribution is -2.07. The third-order valence-electron chi connectivity index (χ3n) is 3.86. The average molecular weight is 298 g/mol. The SMILES string of the molecule is CCCCCCCC(Oc1ccccc1)c1ccc(O)cc1. The summed E-state index contributed by atoms with van der Waals surface area (Å²) < 4.78 is 6.17. The van der Waals surface area contributed by atoms with Crippen LogP contribution in [-0.2, 0) is 0 Å². The molecule has 0 amide bonds. The molecule has 0 saturated heterocycles. The number of phenols is 1. The Bertz CT molecular complexity index is 519. The summed E-state index contributed by atoms with van der Waals surface area (Å²) in [5.41, 5.74) is 1.12. The predicted octanol–water partition coefficient (Wildman–Crippen LogP) is 5.87. The smallest absolute Gasteiger partial charge is 0.124 e. The first-order valence-corrected chi connectivity index (χ1v) is 8.30. The summed E-state index contributed by atoms with van der Waals surface area (Å²) in [5.74, 6) is 1.19. The number of para-hydroxylation sites is 1. The maximum absolute atomic E-state index is 9.46. The second-order valence-electron chi connectivity index (χ2n) is 5.71. The summed E-state index contributed by atoms with van der Waals surface area (Å²) >= 11 is 0. The summed E-state index contributed by atoms with van der Waals surface area (Å²) in [6.07, 6.45) is 7.34. The Balaban J connectivity index is 1.98. The standard InChI is InChI=1S/C20H26O2/c1-2-3-4-5-9-12-20(17-13-15-18(21)16-14-17)22-19-10-7-6-8-11-19/h6-8,10-11,13-16,20-21H,2-5,9,12H2,1H3. The minimum absolute atomic E-state index is 0.0460. The van der Waals surface area contributed by atoms with E-state index in [-0.39, 0.29) is 6.10 Å². The van der Waals surface area contributed by atoms with Crippen molar-refractivity contribution in [1.82, 2.24) is 0 Å². The molecule has 0 spiro atoms. The molecule has 0 radical (unpaired) electrons. The molecule has 22 heavy (non-hydrogen) atoms. The van der Waals surface area contributed by atoms with Crippen LogP contribution in [0.5, 0.6) is 11.5 Å². The molecule has 0 bridgehead atoms. The van der Waals surface area contributed by atoms with Gasteiger partial charge in [-0.25, -0.2) is 0 Å². The van der Waals surface area contributed by atoms with Crippen LogP contribution in [-0.4, -0.2) is 5.11 Å². The fourth-order valence-corrected chi connectivity index (χ4v) is 2.58. The molecule has 118 valence electrons. The quantitative estimate of drug-likeness (QED) is 0.586. The molecule has 1 atom stereocenters. The first-order valence-electron chi connectivity index (χ1n) is 8.30. The van der Waals surface area contributed by atoms with Gasteiger partial charge >= 0.3 is 0 Å². The van der Waals surface area contributed by atoms with Crippen molar-refractivity contribution < 1.29 is 9.84 Å². The van der Waals surface area contributed by atoms with Crippen LogP contribution in [0.2, 0.25) is 0 Å². The Morgan fingerprint density at radius 1 is 0.864 bits per heavy atom. The topological polar surface area (TPSA) is 29.5 Å². The maximum atomic E-state index is 9.46. The number of unbranched alkanes of at least 4 members (excludes halogenated alkanes) is 4. The highest BCUT2D eigenvalue weighted by molar-refractivity contribution is 5.29. The molecule has 2 aromatic carbocycles. The van der Waals surface area contributed by atoms with Crippen molar-refractivity contribution in [2.45, 2.75) is 51.6 Å². The third-order valence-corrected chi connectivity index (χ3v) is 3.86. The van der Waals surface area contributed by atoms with Crippen LogP contribution in [0.4, 0.5) is 0 Å². The highest BCUT2D eigenvalue weighted by Crippen LogP contribution is 2.28. The molecule has 2 nitrogen and oxygen atoms in total. The van der Waals surface area contributed by atoms with E-state index in [0.29, 0.717) is 5.75 Å². The zero-order chi connectivity index (χ0) is 15.6. The van der Waals surface area contributed by atoms with Crippen LogP contribution in [0.3, 0.4) is 0 Å². The van der Waals surface area contributed by atoms with Gasteiger partial charge in [0, 0.05) is 0 Å². The van der Waals surface area contributed by atoms with Gasteiger partial charge in [0.15, 0.2) is 0 Å². The second-order valence-corrected chi connectivity index (χ2v) is 5.71. The summed E-state index contributed by atoms with van der Waals surface area (Å²) in [6, 6.07) is 17.3. The molecule has 0 saturated carbocycles. The molecular formula is C20H26O2. The Morgan fingerprint density at radius 2 is 1.55 bits per heavy atom. The Kier molecular flexibility index (Phi) is 6.82. The molecule has 2 rings (SSSR count). The van der Waals surface area contributed by atoms with E-state index in [1.807, 2.05) is 42.5 Å². The summed E-state index contributed by atoms with van der Waals surface area (Å²) in [5, 5.41) is 9.46. The fraction of sp³-hybridized carbons (Fsp3) is 0.400. The van der Waals surface area contributed by atoms with E-state index in [2.05, 4.69) is 6.92 Å². The lowest BCUT2D eigenvalue weighted by molar-refractivity contribution is 0.190. The number of phenolic OH excluding ortho intramolecular Hbond substituents is 1.